The van der Waals surface area contributed by atoms with Gasteiger partial charge in [0, 0.05) is 0 Å². The van der Waals surface area contributed by atoms with Crippen molar-refractivity contribution in [3.63, 3.8) is 0 Å². The van der Waals surface area contributed by atoms with E-state index in [-0.39, 0.29) is 0 Å². The highest BCUT2D eigenvalue weighted by Crippen LogP contribution is 2.55. The van der Waals surface area contributed by atoms with Gasteiger partial charge in [-0.15, -0.1) is 0 Å². The minimum atomic E-state index is -2.73. The number of aryl methyl sites for hydroxylation is 1. The Kier molecular flexibility index (Phi) is 2.16. The Labute approximate surface area is 93.4 Å². The average Bonchev–Trinajstić information content (AvgIpc) is 2.98. The summed E-state index contributed by atoms with van der Waals surface area (Å²) in [5.41, 5.74) is 2.99. The summed E-state index contributed by atoms with van der Waals surface area (Å²) in [6, 6.07) is 5.45. The number of halogens is 2. The number of fused-ring (bicyclic) bond motifs is 2. The highest BCUT2D eigenvalue weighted by atomic mass is 19.3. The first-order valence-corrected chi connectivity index (χ1v) is 5.78. The standard InChI is InChI=1S/C13H14F2O/c14-12(15)16-10-3-4-11-9(8-10)2-1-5-13(11)6-7-13/h3-4,8,12H,1-2,5-7H2. The molecule has 1 nitrogen and oxygen atoms in total. The number of benzene rings is 1. The lowest BCUT2D eigenvalue weighted by atomic mass is 9.80. The Morgan fingerprint density at radius 3 is 2.69 bits per heavy atom. The molecule has 2 aliphatic rings. The number of hydrogen-bond acceptors (Lipinski definition) is 1. The molecule has 3 heteroatoms. The van der Waals surface area contributed by atoms with Crippen molar-refractivity contribution in [2.75, 3.05) is 0 Å². The molecule has 0 radical (unpaired) electrons. The summed E-state index contributed by atoms with van der Waals surface area (Å²) in [5.74, 6) is 0.298. The summed E-state index contributed by atoms with van der Waals surface area (Å²) in [6.45, 7) is -2.73. The molecule has 0 N–H and O–H groups in total. The van der Waals surface area contributed by atoms with Gasteiger partial charge in [-0.1, -0.05) is 6.07 Å². The number of hydrogen-bond donors (Lipinski definition) is 0. The van der Waals surface area contributed by atoms with E-state index in [1.807, 2.05) is 6.07 Å². The first-order valence-electron chi connectivity index (χ1n) is 5.78. The molecule has 0 unspecified atom stereocenters. The number of ether oxygens (including phenoxy) is 1. The molecule has 0 aliphatic heterocycles. The van der Waals surface area contributed by atoms with Crippen LogP contribution in [0.25, 0.3) is 0 Å². The molecule has 86 valence electrons. The number of rotatable bonds is 2. The van der Waals surface area contributed by atoms with Crippen LogP contribution < -0.4 is 4.74 Å². The van der Waals surface area contributed by atoms with Crippen molar-refractivity contribution in [3.8, 4) is 5.75 Å². The van der Waals surface area contributed by atoms with Crippen LogP contribution in [0, 0.1) is 0 Å². The van der Waals surface area contributed by atoms with Crippen LogP contribution in [-0.4, -0.2) is 6.61 Å². The molecule has 0 saturated heterocycles. The highest BCUT2D eigenvalue weighted by Gasteiger charge is 2.46. The molecule has 1 aromatic carbocycles. The normalized spacial score (nSPS) is 20.9. The first kappa shape index (κ1) is 10.1. The first-order chi connectivity index (χ1) is 7.70. The van der Waals surface area contributed by atoms with Crippen molar-refractivity contribution in [1.82, 2.24) is 0 Å². The second kappa shape index (κ2) is 3.44. The summed E-state index contributed by atoms with van der Waals surface area (Å²) in [7, 11) is 0. The van der Waals surface area contributed by atoms with Gasteiger partial charge in [0.15, 0.2) is 0 Å². The Morgan fingerprint density at radius 1 is 1.19 bits per heavy atom. The summed E-state index contributed by atoms with van der Waals surface area (Å²) in [4.78, 5) is 0. The summed E-state index contributed by atoms with van der Waals surface area (Å²) in [6.07, 6.45) is 5.95. The van der Waals surface area contributed by atoms with Gasteiger partial charge in [0.05, 0.1) is 0 Å². The van der Waals surface area contributed by atoms with Crippen molar-refractivity contribution >= 4 is 0 Å². The minimum absolute atomic E-state index is 0.298. The lowest BCUT2D eigenvalue weighted by Crippen LogP contribution is -2.16. The Morgan fingerprint density at radius 2 is 2.00 bits per heavy atom. The molecule has 0 aromatic heterocycles. The van der Waals surface area contributed by atoms with E-state index in [1.165, 1.54) is 36.8 Å². The Balaban J connectivity index is 1.93. The maximum Gasteiger partial charge on any atom is 0.387 e. The molecule has 16 heavy (non-hydrogen) atoms. The van der Waals surface area contributed by atoms with Gasteiger partial charge in [0.25, 0.3) is 0 Å². The van der Waals surface area contributed by atoms with Gasteiger partial charge in [-0.3, -0.25) is 0 Å². The zero-order valence-corrected chi connectivity index (χ0v) is 9.01. The molecule has 0 atom stereocenters. The zero-order chi connectivity index (χ0) is 11.2. The Bertz CT molecular complexity index is 410. The SMILES string of the molecule is FC(F)Oc1ccc2c(c1)CCCC21CC1. The molecule has 0 bridgehead atoms. The predicted molar refractivity (Wildman–Crippen MR) is 56.9 cm³/mol. The molecule has 0 heterocycles. The summed E-state index contributed by atoms with van der Waals surface area (Å²) in [5, 5.41) is 0. The van der Waals surface area contributed by atoms with Crippen LogP contribution in [0.4, 0.5) is 8.78 Å². The third-order valence-electron chi connectivity index (χ3n) is 3.83. The van der Waals surface area contributed by atoms with Crippen LogP contribution in [0.15, 0.2) is 18.2 Å². The molecule has 2 aliphatic carbocycles. The van der Waals surface area contributed by atoms with E-state index in [0.717, 1.165) is 6.42 Å². The number of alkyl halides is 2. The molecule has 0 amide bonds. The maximum atomic E-state index is 12.1. The fourth-order valence-corrected chi connectivity index (χ4v) is 2.89. The van der Waals surface area contributed by atoms with Gasteiger partial charge in [-0.25, -0.2) is 0 Å². The van der Waals surface area contributed by atoms with Gasteiger partial charge < -0.3 is 4.74 Å². The Hall–Kier alpha value is -1.12. The minimum Gasteiger partial charge on any atom is -0.435 e. The van der Waals surface area contributed by atoms with Crippen molar-refractivity contribution in [2.45, 2.75) is 44.1 Å². The van der Waals surface area contributed by atoms with Crippen LogP contribution in [0.3, 0.4) is 0 Å². The molecular weight excluding hydrogens is 210 g/mol. The molecular formula is C13H14F2O. The molecule has 1 spiro atoms. The lowest BCUT2D eigenvalue weighted by Gasteiger charge is -2.25. The topological polar surface area (TPSA) is 9.23 Å². The van der Waals surface area contributed by atoms with Crippen LogP contribution in [0.5, 0.6) is 5.75 Å². The lowest BCUT2D eigenvalue weighted by molar-refractivity contribution is -0.0499. The van der Waals surface area contributed by atoms with Crippen molar-refractivity contribution < 1.29 is 13.5 Å². The summed E-state index contributed by atoms with van der Waals surface area (Å²) < 4.78 is 28.6. The maximum absolute atomic E-state index is 12.1. The van der Waals surface area contributed by atoms with E-state index >= 15 is 0 Å². The van der Waals surface area contributed by atoms with E-state index < -0.39 is 6.61 Å². The second-order valence-corrected chi connectivity index (χ2v) is 4.83. The highest BCUT2D eigenvalue weighted by molar-refractivity contribution is 5.44. The third-order valence-corrected chi connectivity index (χ3v) is 3.83. The van der Waals surface area contributed by atoms with E-state index in [0.29, 0.717) is 11.2 Å². The smallest absolute Gasteiger partial charge is 0.387 e. The molecule has 1 saturated carbocycles. The monoisotopic (exact) mass is 224 g/mol. The summed E-state index contributed by atoms with van der Waals surface area (Å²) >= 11 is 0. The van der Waals surface area contributed by atoms with Gasteiger partial charge in [0.1, 0.15) is 5.75 Å². The third kappa shape index (κ3) is 1.58. The van der Waals surface area contributed by atoms with Crippen LogP contribution >= 0.6 is 0 Å². The van der Waals surface area contributed by atoms with Crippen LogP contribution in [-0.2, 0) is 11.8 Å². The van der Waals surface area contributed by atoms with E-state index in [2.05, 4.69) is 4.74 Å². The van der Waals surface area contributed by atoms with E-state index in [1.54, 1.807) is 12.1 Å². The molecule has 1 aromatic rings. The fraction of sp³-hybridized carbons (Fsp3) is 0.538. The van der Waals surface area contributed by atoms with Gasteiger partial charge in [0.2, 0.25) is 0 Å². The van der Waals surface area contributed by atoms with Crippen LogP contribution in [0.1, 0.15) is 36.8 Å². The zero-order valence-electron chi connectivity index (χ0n) is 9.01. The largest absolute Gasteiger partial charge is 0.435 e. The van der Waals surface area contributed by atoms with Crippen LogP contribution in [0.2, 0.25) is 0 Å². The van der Waals surface area contributed by atoms with Gasteiger partial charge in [-0.05, 0) is 60.8 Å². The van der Waals surface area contributed by atoms with Crippen molar-refractivity contribution in [1.29, 1.82) is 0 Å². The van der Waals surface area contributed by atoms with Crippen molar-refractivity contribution in [3.05, 3.63) is 29.3 Å². The van der Waals surface area contributed by atoms with Crippen molar-refractivity contribution in [2.24, 2.45) is 0 Å². The van der Waals surface area contributed by atoms with Gasteiger partial charge in [-0.2, -0.15) is 8.78 Å². The second-order valence-electron chi connectivity index (χ2n) is 4.83. The molecule has 1 fully saturated rings. The van der Waals surface area contributed by atoms with Gasteiger partial charge >= 0.3 is 6.61 Å². The van der Waals surface area contributed by atoms with E-state index in [4.69, 9.17) is 0 Å². The predicted octanol–water partition coefficient (Wildman–Crippen LogP) is 3.66. The van der Waals surface area contributed by atoms with E-state index in [9.17, 15) is 8.78 Å². The quantitative estimate of drug-likeness (QED) is 0.745. The fourth-order valence-electron chi connectivity index (χ4n) is 2.89. The molecule has 3 rings (SSSR count). The average molecular weight is 224 g/mol.